The predicted molar refractivity (Wildman–Crippen MR) is 43.3 cm³/mol. The van der Waals surface area contributed by atoms with Crippen molar-refractivity contribution in [3.8, 4) is 5.75 Å². The lowest BCUT2D eigenvalue weighted by Crippen LogP contribution is -1.91. The van der Waals surface area contributed by atoms with Gasteiger partial charge < -0.3 is 4.74 Å². The predicted octanol–water partition coefficient (Wildman–Crippen LogP) is 2.30. The fraction of sp³-hybridized carbons (Fsp3) is 0.125. The molecule has 0 saturated carbocycles. The minimum absolute atomic E-state index is 0.0590. The quantitative estimate of drug-likeness (QED) is 0.666. The molecule has 2 nitrogen and oxygen atoms in total. The van der Waals surface area contributed by atoms with Crippen molar-refractivity contribution < 1.29 is 13.9 Å². The Labute approximate surface area is 73.9 Å². The SMILES string of the molecule is COc1cc(C=O)c(F)cc1Cl. The van der Waals surface area contributed by atoms with E-state index in [2.05, 4.69) is 0 Å². The molecule has 0 aromatic heterocycles. The van der Waals surface area contributed by atoms with Crippen molar-refractivity contribution in [1.82, 2.24) is 0 Å². The summed E-state index contributed by atoms with van der Waals surface area (Å²) in [7, 11) is 1.40. The minimum atomic E-state index is -0.643. The van der Waals surface area contributed by atoms with Gasteiger partial charge in [0.2, 0.25) is 0 Å². The fourth-order valence-electron chi connectivity index (χ4n) is 0.792. The molecule has 1 rings (SSSR count). The van der Waals surface area contributed by atoms with Gasteiger partial charge in [0.15, 0.2) is 6.29 Å². The van der Waals surface area contributed by atoms with E-state index in [0.29, 0.717) is 12.0 Å². The van der Waals surface area contributed by atoms with Crippen LogP contribution in [0.5, 0.6) is 5.75 Å². The Hall–Kier alpha value is -1.09. The molecule has 1 aromatic rings. The maximum absolute atomic E-state index is 12.8. The molecule has 64 valence electrons. The number of carbonyl (C=O) groups is 1. The minimum Gasteiger partial charge on any atom is -0.495 e. The molecular formula is C8H6ClFO2. The number of hydrogen-bond donors (Lipinski definition) is 0. The zero-order chi connectivity index (χ0) is 9.14. The summed E-state index contributed by atoms with van der Waals surface area (Å²) in [5, 5.41) is 0.153. The van der Waals surface area contributed by atoms with Crippen molar-refractivity contribution in [3.05, 3.63) is 28.5 Å². The van der Waals surface area contributed by atoms with E-state index < -0.39 is 5.82 Å². The molecule has 0 fully saturated rings. The van der Waals surface area contributed by atoms with Crippen LogP contribution in [0.15, 0.2) is 12.1 Å². The zero-order valence-corrected chi connectivity index (χ0v) is 7.06. The second-order valence-corrected chi connectivity index (χ2v) is 2.53. The lowest BCUT2D eigenvalue weighted by atomic mass is 10.2. The Bertz CT molecular complexity index is 312. The molecule has 0 aliphatic heterocycles. The molecule has 0 amide bonds. The summed E-state index contributed by atoms with van der Waals surface area (Å²) in [4.78, 5) is 10.3. The van der Waals surface area contributed by atoms with Gasteiger partial charge in [-0.1, -0.05) is 11.6 Å². The fourth-order valence-corrected chi connectivity index (χ4v) is 1.02. The van der Waals surface area contributed by atoms with Gasteiger partial charge >= 0.3 is 0 Å². The summed E-state index contributed by atoms with van der Waals surface area (Å²) in [6, 6.07) is 2.30. The zero-order valence-electron chi connectivity index (χ0n) is 6.30. The van der Waals surface area contributed by atoms with Gasteiger partial charge in [-0.15, -0.1) is 0 Å². The van der Waals surface area contributed by atoms with Crippen LogP contribution in [0, 0.1) is 5.82 Å². The average molecular weight is 189 g/mol. The van der Waals surface area contributed by atoms with E-state index in [1.807, 2.05) is 0 Å². The Morgan fingerprint density at radius 1 is 1.58 bits per heavy atom. The highest BCUT2D eigenvalue weighted by molar-refractivity contribution is 6.32. The van der Waals surface area contributed by atoms with Crippen molar-refractivity contribution in [1.29, 1.82) is 0 Å². The number of aldehydes is 1. The highest BCUT2D eigenvalue weighted by atomic mass is 35.5. The van der Waals surface area contributed by atoms with Crippen molar-refractivity contribution in [2.45, 2.75) is 0 Å². The topological polar surface area (TPSA) is 26.3 Å². The molecule has 4 heteroatoms. The van der Waals surface area contributed by atoms with Gasteiger partial charge in [0, 0.05) is 0 Å². The summed E-state index contributed by atoms with van der Waals surface area (Å²) >= 11 is 5.58. The summed E-state index contributed by atoms with van der Waals surface area (Å²) in [5.74, 6) is -0.351. The van der Waals surface area contributed by atoms with Crippen LogP contribution in [0.1, 0.15) is 10.4 Å². The standard InChI is InChI=1S/C8H6ClFO2/c1-12-8-2-5(4-11)7(10)3-6(8)9/h2-4H,1H3. The van der Waals surface area contributed by atoms with Gasteiger partial charge in [-0.25, -0.2) is 4.39 Å². The Morgan fingerprint density at radius 2 is 2.25 bits per heavy atom. The number of halogens is 2. The highest BCUT2D eigenvalue weighted by Gasteiger charge is 2.07. The lowest BCUT2D eigenvalue weighted by Gasteiger charge is -2.03. The first-order valence-electron chi connectivity index (χ1n) is 3.17. The van der Waals surface area contributed by atoms with Crippen LogP contribution >= 0.6 is 11.6 Å². The van der Waals surface area contributed by atoms with E-state index in [4.69, 9.17) is 16.3 Å². The van der Waals surface area contributed by atoms with Crippen LogP contribution in [-0.2, 0) is 0 Å². The largest absolute Gasteiger partial charge is 0.495 e. The number of carbonyl (C=O) groups excluding carboxylic acids is 1. The number of hydrogen-bond acceptors (Lipinski definition) is 2. The third-order valence-electron chi connectivity index (χ3n) is 1.40. The Morgan fingerprint density at radius 3 is 2.75 bits per heavy atom. The second kappa shape index (κ2) is 3.54. The highest BCUT2D eigenvalue weighted by Crippen LogP contribution is 2.26. The Balaban J connectivity index is 3.26. The maximum Gasteiger partial charge on any atom is 0.153 e. The molecule has 0 atom stereocenters. The van der Waals surface area contributed by atoms with Crippen LogP contribution in [-0.4, -0.2) is 13.4 Å². The van der Waals surface area contributed by atoms with Gasteiger partial charge in [0.05, 0.1) is 17.7 Å². The first kappa shape index (κ1) is 9.00. The number of ether oxygens (including phenoxy) is 1. The van der Waals surface area contributed by atoms with Gasteiger partial charge in [-0.05, 0) is 12.1 Å². The van der Waals surface area contributed by atoms with Crippen LogP contribution < -0.4 is 4.74 Å². The van der Waals surface area contributed by atoms with Gasteiger partial charge in [0.25, 0.3) is 0 Å². The molecule has 0 unspecified atom stereocenters. The molecule has 12 heavy (non-hydrogen) atoms. The van der Waals surface area contributed by atoms with Gasteiger partial charge in [-0.2, -0.15) is 0 Å². The van der Waals surface area contributed by atoms with E-state index in [1.54, 1.807) is 0 Å². The Kier molecular flexibility index (Phi) is 2.65. The molecule has 0 aliphatic rings. The normalized spacial score (nSPS) is 9.58. The van der Waals surface area contributed by atoms with Gasteiger partial charge in [0.1, 0.15) is 11.6 Å². The van der Waals surface area contributed by atoms with E-state index in [-0.39, 0.29) is 10.6 Å². The van der Waals surface area contributed by atoms with Crippen LogP contribution in [0.25, 0.3) is 0 Å². The van der Waals surface area contributed by atoms with Crippen molar-refractivity contribution in [3.63, 3.8) is 0 Å². The smallest absolute Gasteiger partial charge is 0.153 e. The van der Waals surface area contributed by atoms with Crippen molar-refractivity contribution in [2.24, 2.45) is 0 Å². The average Bonchev–Trinajstić information content (AvgIpc) is 2.05. The summed E-state index contributed by atoms with van der Waals surface area (Å²) < 4.78 is 17.6. The van der Waals surface area contributed by atoms with Crippen LogP contribution in [0.3, 0.4) is 0 Å². The van der Waals surface area contributed by atoms with Crippen molar-refractivity contribution in [2.75, 3.05) is 7.11 Å². The molecule has 0 saturated heterocycles. The van der Waals surface area contributed by atoms with Crippen LogP contribution in [0.4, 0.5) is 4.39 Å². The molecular weight excluding hydrogens is 183 g/mol. The van der Waals surface area contributed by atoms with E-state index in [0.717, 1.165) is 6.07 Å². The van der Waals surface area contributed by atoms with E-state index >= 15 is 0 Å². The monoisotopic (exact) mass is 188 g/mol. The molecule has 1 aromatic carbocycles. The number of methoxy groups -OCH3 is 1. The third kappa shape index (κ3) is 1.56. The first-order chi connectivity index (χ1) is 5.69. The van der Waals surface area contributed by atoms with Crippen molar-refractivity contribution >= 4 is 17.9 Å². The molecule has 0 heterocycles. The first-order valence-corrected chi connectivity index (χ1v) is 3.55. The molecule has 0 N–H and O–H groups in total. The number of benzene rings is 1. The third-order valence-corrected chi connectivity index (χ3v) is 1.69. The molecule has 0 bridgehead atoms. The molecule has 0 aliphatic carbocycles. The molecule has 0 radical (unpaired) electrons. The molecule has 0 spiro atoms. The second-order valence-electron chi connectivity index (χ2n) is 2.13. The number of rotatable bonds is 2. The van der Waals surface area contributed by atoms with Gasteiger partial charge in [-0.3, -0.25) is 4.79 Å². The summed E-state index contributed by atoms with van der Waals surface area (Å²) in [6.07, 6.45) is 0.411. The van der Waals surface area contributed by atoms with E-state index in [9.17, 15) is 9.18 Å². The van der Waals surface area contributed by atoms with E-state index in [1.165, 1.54) is 13.2 Å². The lowest BCUT2D eigenvalue weighted by molar-refractivity contribution is 0.111. The summed E-state index contributed by atoms with van der Waals surface area (Å²) in [6.45, 7) is 0. The summed E-state index contributed by atoms with van der Waals surface area (Å²) in [5.41, 5.74) is -0.0590. The maximum atomic E-state index is 12.8. The van der Waals surface area contributed by atoms with Crippen LogP contribution in [0.2, 0.25) is 5.02 Å².